The van der Waals surface area contributed by atoms with Crippen LogP contribution in [0.5, 0.6) is 0 Å². The summed E-state index contributed by atoms with van der Waals surface area (Å²) in [6.07, 6.45) is 11.2. The smallest absolute Gasteiger partial charge is 0.0262 e. The second-order valence-corrected chi connectivity index (χ2v) is 5.50. The van der Waals surface area contributed by atoms with E-state index in [1.165, 1.54) is 32.1 Å². The van der Waals surface area contributed by atoms with Gasteiger partial charge < -0.3 is 0 Å². The van der Waals surface area contributed by atoms with Gasteiger partial charge in [-0.2, -0.15) is 0 Å². The van der Waals surface area contributed by atoms with E-state index in [-0.39, 0.29) is 0 Å². The van der Waals surface area contributed by atoms with Gasteiger partial charge in [0, 0.05) is 0 Å². The zero-order valence-electron chi connectivity index (χ0n) is 17.4. The maximum Gasteiger partial charge on any atom is -0.0262 e. The Balaban J connectivity index is -0.000000176. The topological polar surface area (TPSA) is 0 Å². The van der Waals surface area contributed by atoms with Crippen molar-refractivity contribution in [2.45, 2.75) is 108 Å². The van der Waals surface area contributed by atoms with Gasteiger partial charge in [0.05, 0.1) is 0 Å². The van der Waals surface area contributed by atoms with Crippen molar-refractivity contribution in [2.24, 2.45) is 17.8 Å². The van der Waals surface area contributed by atoms with Gasteiger partial charge in [-0.05, 0) is 31.1 Å². The molecule has 0 aromatic rings. The third kappa shape index (κ3) is 28.6. The lowest BCUT2D eigenvalue weighted by Gasteiger charge is -2.18. The Bertz CT molecular complexity index is 157. The molecule has 0 aromatic carbocycles. The average Bonchev–Trinajstić information content (AvgIpc) is 2.51. The van der Waals surface area contributed by atoms with Crippen molar-refractivity contribution in [1.82, 2.24) is 0 Å². The summed E-state index contributed by atoms with van der Waals surface area (Å²) >= 11 is 0. The molecule has 0 amide bonds. The lowest BCUT2D eigenvalue weighted by Crippen LogP contribution is -2.07. The predicted molar refractivity (Wildman–Crippen MR) is 105 cm³/mol. The fraction of sp³-hybridized carbons (Fsp3) is 0.905. The summed E-state index contributed by atoms with van der Waals surface area (Å²) in [6.45, 7) is 23.7. The van der Waals surface area contributed by atoms with Gasteiger partial charge in [-0.3, -0.25) is 0 Å². The normalized spacial score (nSPS) is 13.7. The Morgan fingerprint density at radius 3 is 1.52 bits per heavy atom. The third-order valence-electron chi connectivity index (χ3n) is 3.46. The summed E-state index contributed by atoms with van der Waals surface area (Å²) in [7, 11) is 0. The van der Waals surface area contributed by atoms with Crippen molar-refractivity contribution in [1.29, 1.82) is 0 Å². The summed E-state index contributed by atoms with van der Waals surface area (Å²) < 4.78 is 0. The zero-order chi connectivity index (χ0) is 17.7. The van der Waals surface area contributed by atoms with E-state index < -0.39 is 0 Å². The second-order valence-electron chi connectivity index (χ2n) is 5.50. The first-order valence-electron chi connectivity index (χ1n) is 9.66. The van der Waals surface area contributed by atoms with Gasteiger partial charge in [-0.25, -0.2) is 0 Å². The highest BCUT2D eigenvalue weighted by molar-refractivity contribution is 4.82. The SMILES string of the molecule is C/C=C\C(C)CCCC(C)C(C)CC.CC.CC.CCC. The summed E-state index contributed by atoms with van der Waals surface area (Å²) in [5.41, 5.74) is 0. The van der Waals surface area contributed by atoms with Crippen LogP contribution in [0.2, 0.25) is 0 Å². The first kappa shape index (κ1) is 28.8. The number of allylic oxidation sites excluding steroid dienone is 2. The first-order valence-corrected chi connectivity index (χ1v) is 9.66. The summed E-state index contributed by atoms with van der Waals surface area (Å²) in [5.74, 6) is 2.56. The van der Waals surface area contributed by atoms with Gasteiger partial charge >= 0.3 is 0 Å². The van der Waals surface area contributed by atoms with E-state index in [1.807, 2.05) is 27.7 Å². The third-order valence-corrected chi connectivity index (χ3v) is 3.46. The molecule has 0 aliphatic carbocycles. The molecule has 3 atom stereocenters. The van der Waals surface area contributed by atoms with Crippen LogP contribution >= 0.6 is 0 Å². The Kier molecular flexibility index (Phi) is 38.4. The van der Waals surface area contributed by atoms with Gasteiger partial charge in [0.25, 0.3) is 0 Å². The highest BCUT2D eigenvalue weighted by Crippen LogP contribution is 2.21. The molecule has 0 heteroatoms. The van der Waals surface area contributed by atoms with E-state index in [4.69, 9.17) is 0 Å². The van der Waals surface area contributed by atoms with Gasteiger partial charge in [0.2, 0.25) is 0 Å². The minimum atomic E-state index is 0.768. The van der Waals surface area contributed by atoms with E-state index in [2.05, 4.69) is 60.6 Å². The monoisotopic (exact) mass is 300 g/mol. The molecule has 132 valence electrons. The van der Waals surface area contributed by atoms with Crippen LogP contribution in [0.1, 0.15) is 108 Å². The largest absolute Gasteiger partial charge is 0.0914 e. The number of hydrogen-bond donors (Lipinski definition) is 0. The maximum absolute atomic E-state index is 2.40. The van der Waals surface area contributed by atoms with Crippen LogP contribution < -0.4 is 0 Å². The first-order chi connectivity index (χ1) is 10.0. The van der Waals surface area contributed by atoms with Crippen LogP contribution in [0.25, 0.3) is 0 Å². The van der Waals surface area contributed by atoms with Crippen molar-refractivity contribution in [3.05, 3.63) is 12.2 Å². The van der Waals surface area contributed by atoms with E-state index >= 15 is 0 Å². The van der Waals surface area contributed by atoms with E-state index in [9.17, 15) is 0 Å². The zero-order valence-corrected chi connectivity index (χ0v) is 17.4. The second kappa shape index (κ2) is 28.0. The average molecular weight is 301 g/mol. The summed E-state index contributed by atoms with van der Waals surface area (Å²) in [5, 5.41) is 0. The fourth-order valence-electron chi connectivity index (χ4n) is 1.87. The molecule has 3 unspecified atom stereocenters. The summed E-state index contributed by atoms with van der Waals surface area (Å²) in [6, 6.07) is 0. The minimum Gasteiger partial charge on any atom is -0.0914 e. The van der Waals surface area contributed by atoms with Crippen molar-refractivity contribution < 1.29 is 0 Å². The standard InChI is InChI=1S/C14H28.C3H8.2C2H6/c1-6-9-12(3)10-8-11-14(5)13(4)7-2;1-3-2;2*1-2/h6,9,12-14H,7-8,10-11H2,1-5H3;3H2,1-2H3;2*1-2H3/b9-6-;;;. The molecule has 0 radical (unpaired) electrons. The Morgan fingerprint density at radius 2 is 1.19 bits per heavy atom. The van der Waals surface area contributed by atoms with Crippen molar-refractivity contribution >= 4 is 0 Å². The molecule has 0 saturated heterocycles. The van der Waals surface area contributed by atoms with E-state index in [1.54, 1.807) is 0 Å². The highest BCUT2D eigenvalue weighted by Gasteiger charge is 2.09. The molecule has 0 heterocycles. The van der Waals surface area contributed by atoms with E-state index in [0.29, 0.717) is 0 Å². The van der Waals surface area contributed by atoms with Gasteiger partial charge in [-0.15, -0.1) is 0 Å². The molecule has 0 N–H and O–H groups in total. The molecule has 0 aliphatic rings. The molecule has 21 heavy (non-hydrogen) atoms. The number of hydrogen-bond acceptors (Lipinski definition) is 0. The van der Waals surface area contributed by atoms with Gasteiger partial charge in [0.15, 0.2) is 0 Å². The van der Waals surface area contributed by atoms with E-state index in [0.717, 1.165) is 17.8 Å². The molecule has 0 rings (SSSR count). The highest BCUT2D eigenvalue weighted by atomic mass is 14.2. The lowest BCUT2D eigenvalue weighted by atomic mass is 9.88. The molecule has 0 nitrogen and oxygen atoms in total. The molecule has 0 saturated carbocycles. The van der Waals surface area contributed by atoms with Crippen LogP contribution in [0, 0.1) is 17.8 Å². The van der Waals surface area contributed by atoms with Crippen LogP contribution in [-0.4, -0.2) is 0 Å². The van der Waals surface area contributed by atoms with Gasteiger partial charge in [-0.1, -0.05) is 107 Å². The quantitative estimate of drug-likeness (QED) is 0.413. The van der Waals surface area contributed by atoms with Crippen molar-refractivity contribution in [3.63, 3.8) is 0 Å². The van der Waals surface area contributed by atoms with Crippen LogP contribution in [0.4, 0.5) is 0 Å². The maximum atomic E-state index is 2.40. The predicted octanol–water partition coefficient (Wildman–Crippen LogP) is 8.52. The molecule has 0 aliphatic heterocycles. The molecule has 0 aromatic heterocycles. The minimum absolute atomic E-state index is 0.768. The van der Waals surface area contributed by atoms with Crippen molar-refractivity contribution in [3.8, 4) is 0 Å². The molecular formula is C21H48. The van der Waals surface area contributed by atoms with Crippen LogP contribution in [0.15, 0.2) is 12.2 Å². The molecular weight excluding hydrogens is 252 g/mol. The summed E-state index contributed by atoms with van der Waals surface area (Å²) in [4.78, 5) is 0. The molecule has 0 bridgehead atoms. The Hall–Kier alpha value is -0.260. The van der Waals surface area contributed by atoms with Crippen LogP contribution in [-0.2, 0) is 0 Å². The molecule has 0 spiro atoms. The fourth-order valence-corrected chi connectivity index (χ4v) is 1.87. The number of rotatable bonds is 7. The van der Waals surface area contributed by atoms with Crippen LogP contribution in [0.3, 0.4) is 0 Å². The Labute approximate surface area is 138 Å². The Morgan fingerprint density at radius 1 is 0.762 bits per heavy atom. The lowest BCUT2D eigenvalue weighted by molar-refractivity contribution is 0.339. The van der Waals surface area contributed by atoms with Gasteiger partial charge in [0.1, 0.15) is 0 Å². The molecule has 0 fully saturated rings. The van der Waals surface area contributed by atoms with Crippen molar-refractivity contribution in [2.75, 3.05) is 0 Å².